The predicted molar refractivity (Wildman–Crippen MR) is 75.1 cm³/mol. The summed E-state index contributed by atoms with van der Waals surface area (Å²) in [4.78, 5) is 6.86. The molecule has 0 bridgehead atoms. The minimum absolute atomic E-state index is 0.325. The lowest BCUT2D eigenvalue weighted by Crippen LogP contribution is -2.21. The Morgan fingerprint density at radius 2 is 2.00 bits per heavy atom. The molecule has 94 valence electrons. The second kappa shape index (κ2) is 4.69. The van der Waals surface area contributed by atoms with Crippen molar-refractivity contribution < 1.29 is 0 Å². The van der Waals surface area contributed by atoms with Crippen LogP contribution in [0.1, 0.15) is 43.1 Å². The van der Waals surface area contributed by atoms with Gasteiger partial charge in [0, 0.05) is 24.5 Å². The third-order valence-corrected chi connectivity index (χ3v) is 4.36. The summed E-state index contributed by atoms with van der Waals surface area (Å²) in [5, 5.41) is 1.02. The smallest absolute Gasteiger partial charge is 0.205 e. The fraction of sp³-hybridized carbons (Fsp3) is 0.429. The normalized spacial score (nSPS) is 16.6. The Bertz CT molecular complexity index is 519. The molecule has 1 heterocycles. The minimum atomic E-state index is 0.325. The highest BCUT2D eigenvalue weighted by molar-refractivity contribution is 7.09. The second-order valence-corrected chi connectivity index (χ2v) is 5.64. The molecule has 1 aliphatic carbocycles. The Morgan fingerprint density at radius 3 is 2.67 bits per heavy atom. The van der Waals surface area contributed by atoms with Crippen LogP contribution in [0.15, 0.2) is 30.3 Å². The van der Waals surface area contributed by atoms with E-state index in [4.69, 9.17) is 0 Å². The molecule has 0 radical (unpaired) electrons. The number of hydrogen-bond donors (Lipinski definition) is 0. The Morgan fingerprint density at radius 1 is 1.28 bits per heavy atom. The van der Waals surface area contributed by atoms with Gasteiger partial charge in [-0.1, -0.05) is 30.3 Å². The third-order valence-electron chi connectivity index (χ3n) is 3.54. The van der Waals surface area contributed by atoms with Crippen LogP contribution >= 0.6 is 11.5 Å². The summed E-state index contributed by atoms with van der Waals surface area (Å²) in [6, 6.07) is 10.8. The Labute approximate surface area is 112 Å². The zero-order chi connectivity index (χ0) is 12.5. The van der Waals surface area contributed by atoms with Crippen molar-refractivity contribution in [2.45, 2.75) is 31.7 Å². The summed E-state index contributed by atoms with van der Waals surface area (Å²) in [5.41, 5.74) is 1.31. The SMILES string of the molecule is CC(c1ccccc1)N(C)c1nc(C2CC2)ns1. The highest BCUT2D eigenvalue weighted by Gasteiger charge is 2.28. The number of aromatic nitrogens is 2. The van der Waals surface area contributed by atoms with Gasteiger partial charge in [0.15, 0.2) is 0 Å². The molecule has 1 aromatic heterocycles. The van der Waals surface area contributed by atoms with Crippen molar-refractivity contribution >= 4 is 16.7 Å². The van der Waals surface area contributed by atoms with Crippen LogP contribution in [0.2, 0.25) is 0 Å². The van der Waals surface area contributed by atoms with Crippen LogP contribution in [-0.4, -0.2) is 16.4 Å². The van der Waals surface area contributed by atoms with Gasteiger partial charge in [-0.3, -0.25) is 0 Å². The molecule has 1 aliphatic rings. The Hall–Kier alpha value is -1.42. The zero-order valence-electron chi connectivity index (χ0n) is 10.7. The quantitative estimate of drug-likeness (QED) is 0.840. The van der Waals surface area contributed by atoms with Gasteiger partial charge in [-0.25, -0.2) is 4.98 Å². The van der Waals surface area contributed by atoms with Crippen LogP contribution < -0.4 is 4.90 Å². The van der Waals surface area contributed by atoms with Gasteiger partial charge in [-0.05, 0) is 25.3 Å². The van der Waals surface area contributed by atoms with Crippen molar-refractivity contribution in [2.75, 3.05) is 11.9 Å². The van der Waals surface area contributed by atoms with Crippen LogP contribution in [0.4, 0.5) is 5.13 Å². The van der Waals surface area contributed by atoms with E-state index in [0.29, 0.717) is 12.0 Å². The molecular weight excluding hydrogens is 242 g/mol. The van der Waals surface area contributed by atoms with Crippen LogP contribution in [0, 0.1) is 0 Å². The van der Waals surface area contributed by atoms with E-state index in [1.807, 2.05) is 6.07 Å². The first kappa shape index (κ1) is 11.7. The van der Waals surface area contributed by atoms with E-state index < -0.39 is 0 Å². The summed E-state index contributed by atoms with van der Waals surface area (Å²) in [6.07, 6.45) is 2.52. The number of anilines is 1. The maximum Gasteiger partial charge on any atom is 0.205 e. The molecule has 1 atom stereocenters. The lowest BCUT2D eigenvalue weighted by molar-refractivity contribution is 0.734. The van der Waals surface area contributed by atoms with E-state index in [1.54, 1.807) is 0 Å². The minimum Gasteiger partial charge on any atom is -0.343 e. The van der Waals surface area contributed by atoms with E-state index in [-0.39, 0.29) is 0 Å². The van der Waals surface area contributed by atoms with Crippen LogP contribution in [0.3, 0.4) is 0 Å². The van der Waals surface area contributed by atoms with E-state index >= 15 is 0 Å². The molecule has 4 heteroatoms. The van der Waals surface area contributed by atoms with Gasteiger partial charge in [0.1, 0.15) is 5.82 Å². The van der Waals surface area contributed by atoms with Gasteiger partial charge in [0.2, 0.25) is 5.13 Å². The third kappa shape index (κ3) is 2.25. The van der Waals surface area contributed by atoms with Crippen molar-refractivity contribution in [1.82, 2.24) is 9.36 Å². The standard InChI is InChI=1S/C14H17N3S/c1-10(11-6-4-3-5-7-11)17(2)14-15-13(16-18-14)12-8-9-12/h3-7,10,12H,8-9H2,1-2H3. The molecule has 2 aromatic rings. The van der Waals surface area contributed by atoms with E-state index in [1.165, 1.54) is 29.9 Å². The summed E-state index contributed by atoms with van der Waals surface area (Å²) in [5.74, 6) is 1.68. The van der Waals surface area contributed by atoms with Gasteiger partial charge < -0.3 is 4.90 Å². The van der Waals surface area contributed by atoms with Crippen molar-refractivity contribution in [2.24, 2.45) is 0 Å². The molecule has 0 spiro atoms. The molecule has 1 saturated carbocycles. The van der Waals surface area contributed by atoms with Crippen molar-refractivity contribution in [3.05, 3.63) is 41.7 Å². The van der Waals surface area contributed by atoms with Gasteiger partial charge in [0.05, 0.1) is 6.04 Å². The van der Waals surface area contributed by atoms with Crippen LogP contribution in [0.5, 0.6) is 0 Å². The molecule has 0 aliphatic heterocycles. The first-order valence-corrected chi connectivity index (χ1v) is 7.14. The Kier molecular flexibility index (Phi) is 3.04. The maximum atomic E-state index is 4.65. The highest BCUT2D eigenvalue weighted by atomic mass is 32.1. The van der Waals surface area contributed by atoms with Crippen molar-refractivity contribution in [1.29, 1.82) is 0 Å². The number of nitrogens with zero attached hydrogens (tertiary/aromatic N) is 3. The summed E-state index contributed by atoms with van der Waals surface area (Å²) in [7, 11) is 2.09. The van der Waals surface area contributed by atoms with Gasteiger partial charge in [-0.2, -0.15) is 4.37 Å². The van der Waals surface area contributed by atoms with Crippen molar-refractivity contribution in [3.8, 4) is 0 Å². The monoisotopic (exact) mass is 259 g/mol. The lowest BCUT2D eigenvalue weighted by Gasteiger charge is -2.24. The first-order chi connectivity index (χ1) is 8.75. The lowest BCUT2D eigenvalue weighted by atomic mass is 10.1. The maximum absolute atomic E-state index is 4.65. The molecule has 1 fully saturated rings. The average molecular weight is 259 g/mol. The van der Waals surface area contributed by atoms with Gasteiger partial charge >= 0.3 is 0 Å². The molecule has 0 amide bonds. The molecule has 0 saturated heterocycles. The molecule has 3 rings (SSSR count). The van der Waals surface area contributed by atoms with E-state index in [0.717, 1.165) is 11.0 Å². The molecule has 3 nitrogen and oxygen atoms in total. The fourth-order valence-electron chi connectivity index (χ4n) is 2.00. The molecule has 1 unspecified atom stereocenters. The fourth-order valence-corrected chi connectivity index (χ4v) is 2.78. The predicted octanol–water partition coefficient (Wildman–Crippen LogP) is 3.61. The number of rotatable bonds is 4. The molecular formula is C14H17N3S. The number of benzene rings is 1. The van der Waals surface area contributed by atoms with Crippen LogP contribution in [0.25, 0.3) is 0 Å². The van der Waals surface area contributed by atoms with Gasteiger partial charge in [0.25, 0.3) is 0 Å². The highest BCUT2D eigenvalue weighted by Crippen LogP contribution is 2.40. The van der Waals surface area contributed by atoms with Gasteiger partial charge in [-0.15, -0.1) is 0 Å². The summed E-state index contributed by atoms with van der Waals surface area (Å²) < 4.78 is 4.46. The van der Waals surface area contributed by atoms with E-state index in [9.17, 15) is 0 Å². The number of hydrogen-bond acceptors (Lipinski definition) is 4. The summed E-state index contributed by atoms with van der Waals surface area (Å²) >= 11 is 1.51. The topological polar surface area (TPSA) is 29.0 Å². The first-order valence-electron chi connectivity index (χ1n) is 6.37. The average Bonchev–Trinajstić information content (AvgIpc) is 3.16. The molecule has 18 heavy (non-hydrogen) atoms. The van der Waals surface area contributed by atoms with Crippen LogP contribution in [-0.2, 0) is 0 Å². The largest absolute Gasteiger partial charge is 0.343 e. The second-order valence-electron chi connectivity index (χ2n) is 4.91. The molecule has 1 aromatic carbocycles. The van der Waals surface area contributed by atoms with Crippen molar-refractivity contribution in [3.63, 3.8) is 0 Å². The Balaban J connectivity index is 1.78. The van der Waals surface area contributed by atoms with E-state index in [2.05, 4.69) is 52.5 Å². The summed E-state index contributed by atoms with van der Waals surface area (Å²) in [6.45, 7) is 2.20. The zero-order valence-corrected chi connectivity index (χ0v) is 11.5. The molecule has 0 N–H and O–H groups in total.